The average Bonchev–Trinajstić information content (AvgIpc) is 2.37. The molecule has 0 amide bonds. The van der Waals surface area contributed by atoms with Crippen LogP contribution in [-0.2, 0) is 7.05 Å². The van der Waals surface area contributed by atoms with Crippen molar-refractivity contribution >= 4 is 6.08 Å². The van der Waals surface area contributed by atoms with Crippen molar-refractivity contribution in [1.82, 2.24) is 9.55 Å². The topological polar surface area (TPSA) is 43.8 Å². The Kier molecular flexibility index (Phi) is 2.86. The molecule has 1 aromatic heterocycles. The summed E-state index contributed by atoms with van der Waals surface area (Å²) in [5.41, 5.74) is 5.33. The van der Waals surface area contributed by atoms with Crippen LogP contribution in [0.3, 0.4) is 0 Å². The Labute approximate surface area is 66.5 Å². The van der Waals surface area contributed by atoms with Crippen LogP contribution < -0.4 is 5.73 Å². The van der Waals surface area contributed by atoms with Gasteiger partial charge in [0.1, 0.15) is 5.82 Å². The average molecular weight is 151 g/mol. The van der Waals surface area contributed by atoms with E-state index in [2.05, 4.69) is 4.98 Å². The Balaban J connectivity index is 2.56. The Morgan fingerprint density at radius 2 is 2.55 bits per heavy atom. The number of rotatable bonds is 3. The highest BCUT2D eigenvalue weighted by atomic mass is 15.0. The smallest absolute Gasteiger partial charge is 0.131 e. The van der Waals surface area contributed by atoms with Gasteiger partial charge in [0, 0.05) is 19.4 Å². The van der Waals surface area contributed by atoms with Crippen LogP contribution in [0.15, 0.2) is 18.5 Å². The predicted molar refractivity (Wildman–Crippen MR) is 45.9 cm³/mol. The van der Waals surface area contributed by atoms with E-state index in [-0.39, 0.29) is 0 Å². The van der Waals surface area contributed by atoms with E-state index in [1.165, 1.54) is 0 Å². The first-order valence-corrected chi connectivity index (χ1v) is 3.68. The third kappa shape index (κ3) is 2.20. The Hall–Kier alpha value is -1.09. The number of imidazole rings is 1. The van der Waals surface area contributed by atoms with Crippen molar-refractivity contribution in [2.45, 2.75) is 6.42 Å². The zero-order valence-corrected chi connectivity index (χ0v) is 6.70. The molecule has 3 heteroatoms. The molecule has 0 fully saturated rings. The van der Waals surface area contributed by atoms with Crippen LogP contribution in [0.1, 0.15) is 12.2 Å². The minimum atomic E-state index is 0.695. The van der Waals surface area contributed by atoms with E-state index in [1.54, 1.807) is 6.20 Å². The maximum absolute atomic E-state index is 5.33. The lowest BCUT2D eigenvalue weighted by Gasteiger charge is -1.92. The van der Waals surface area contributed by atoms with Gasteiger partial charge >= 0.3 is 0 Å². The summed E-state index contributed by atoms with van der Waals surface area (Å²) in [6.07, 6.45) is 8.62. The fourth-order valence-corrected chi connectivity index (χ4v) is 0.823. The molecule has 0 saturated heterocycles. The number of aromatic nitrogens is 2. The lowest BCUT2D eigenvalue weighted by molar-refractivity contribution is 0.895. The molecule has 0 aliphatic rings. The number of hydrogen-bond donors (Lipinski definition) is 1. The summed E-state index contributed by atoms with van der Waals surface area (Å²) in [4.78, 5) is 4.12. The quantitative estimate of drug-likeness (QED) is 0.693. The molecule has 3 nitrogen and oxygen atoms in total. The second-order valence-electron chi connectivity index (χ2n) is 2.38. The standard InChI is InChI=1S/C8H13N3/c1-11-7-6-10-8(11)4-2-3-5-9/h2,4,6-7H,3,5,9H2,1H3. The Morgan fingerprint density at radius 1 is 1.73 bits per heavy atom. The van der Waals surface area contributed by atoms with Crippen LogP contribution in [0.4, 0.5) is 0 Å². The highest BCUT2D eigenvalue weighted by molar-refractivity contribution is 5.39. The van der Waals surface area contributed by atoms with Gasteiger partial charge in [0.25, 0.3) is 0 Å². The molecule has 0 radical (unpaired) electrons. The summed E-state index contributed by atoms with van der Waals surface area (Å²) in [5.74, 6) is 0.971. The van der Waals surface area contributed by atoms with Gasteiger partial charge in [0.2, 0.25) is 0 Å². The van der Waals surface area contributed by atoms with Crippen molar-refractivity contribution in [3.63, 3.8) is 0 Å². The zero-order chi connectivity index (χ0) is 8.10. The summed E-state index contributed by atoms with van der Waals surface area (Å²) < 4.78 is 1.97. The van der Waals surface area contributed by atoms with Crippen molar-refractivity contribution in [3.8, 4) is 0 Å². The molecule has 0 aliphatic heterocycles. The largest absolute Gasteiger partial charge is 0.335 e. The first kappa shape index (κ1) is 8.01. The van der Waals surface area contributed by atoms with Gasteiger partial charge in [-0.05, 0) is 19.0 Å². The lowest BCUT2D eigenvalue weighted by atomic mass is 10.4. The molecule has 0 aromatic carbocycles. The molecule has 0 unspecified atom stereocenters. The fourth-order valence-electron chi connectivity index (χ4n) is 0.823. The number of hydrogen-bond acceptors (Lipinski definition) is 2. The number of nitrogens with zero attached hydrogens (tertiary/aromatic N) is 2. The van der Waals surface area contributed by atoms with Crippen LogP contribution in [0.25, 0.3) is 6.08 Å². The van der Waals surface area contributed by atoms with Crippen LogP contribution >= 0.6 is 0 Å². The monoisotopic (exact) mass is 151 g/mol. The molecule has 0 bridgehead atoms. The maximum Gasteiger partial charge on any atom is 0.131 e. The van der Waals surface area contributed by atoms with Crippen molar-refractivity contribution in [3.05, 3.63) is 24.3 Å². The van der Waals surface area contributed by atoms with E-state index in [0.717, 1.165) is 12.2 Å². The first-order valence-electron chi connectivity index (χ1n) is 3.68. The third-order valence-electron chi connectivity index (χ3n) is 1.46. The molecular formula is C8H13N3. The van der Waals surface area contributed by atoms with E-state index >= 15 is 0 Å². The summed E-state index contributed by atoms with van der Waals surface area (Å²) in [5, 5.41) is 0. The summed E-state index contributed by atoms with van der Waals surface area (Å²) in [6, 6.07) is 0. The van der Waals surface area contributed by atoms with Crippen molar-refractivity contribution in [1.29, 1.82) is 0 Å². The SMILES string of the molecule is Cn1ccnc1C=CCCN. The zero-order valence-electron chi connectivity index (χ0n) is 6.70. The second-order valence-corrected chi connectivity index (χ2v) is 2.38. The van der Waals surface area contributed by atoms with E-state index < -0.39 is 0 Å². The minimum Gasteiger partial charge on any atom is -0.335 e. The van der Waals surface area contributed by atoms with Crippen molar-refractivity contribution < 1.29 is 0 Å². The van der Waals surface area contributed by atoms with E-state index in [9.17, 15) is 0 Å². The van der Waals surface area contributed by atoms with Gasteiger partial charge in [0.15, 0.2) is 0 Å². The molecule has 0 aliphatic carbocycles. The van der Waals surface area contributed by atoms with Gasteiger partial charge in [-0.1, -0.05) is 6.08 Å². The van der Waals surface area contributed by atoms with Crippen LogP contribution in [-0.4, -0.2) is 16.1 Å². The molecular weight excluding hydrogens is 138 g/mol. The van der Waals surface area contributed by atoms with Crippen LogP contribution in [0, 0.1) is 0 Å². The van der Waals surface area contributed by atoms with Crippen LogP contribution in [0.5, 0.6) is 0 Å². The van der Waals surface area contributed by atoms with Gasteiger partial charge in [-0.15, -0.1) is 0 Å². The number of nitrogens with two attached hydrogens (primary N) is 1. The van der Waals surface area contributed by atoms with Gasteiger partial charge in [-0.2, -0.15) is 0 Å². The number of aryl methyl sites for hydroxylation is 1. The highest BCUT2D eigenvalue weighted by Crippen LogP contribution is 1.97. The molecule has 0 atom stereocenters. The van der Waals surface area contributed by atoms with Gasteiger partial charge < -0.3 is 10.3 Å². The van der Waals surface area contributed by atoms with E-state index in [4.69, 9.17) is 5.73 Å². The maximum atomic E-state index is 5.33. The summed E-state index contributed by atoms with van der Waals surface area (Å²) in [6.45, 7) is 0.695. The second kappa shape index (κ2) is 3.93. The van der Waals surface area contributed by atoms with E-state index in [0.29, 0.717) is 6.54 Å². The predicted octanol–water partition coefficient (Wildman–Crippen LogP) is 0.782. The first-order chi connectivity index (χ1) is 5.34. The molecule has 0 spiro atoms. The molecule has 0 saturated carbocycles. The van der Waals surface area contributed by atoms with Crippen molar-refractivity contribution in [2.24, 2.45) is 12.8 Å². The molecule has 1 heterocycles. The van der Waals surface area contributed by atoms with Gasteiger partial charge in [0.05, 0.1) is 0 Å². The summed E-state index contributed by atoms with van der Waals surface area (Å²) in [7, 11) is 1.97. The molecule has 1 aromatic rings. The molecule has 1 rings (SSSR count). The third-order valence-corrected chi connectivity index (χ3v) is 1.46. The lowest BCUT2D eigenvalue weighted by Crippen LogP contribution is -1.95. The molecule has 2 N–H and O–H groups in total. The van der Waals surface area contributed by atoms with Gasteiger partial charge in [-0.25, -0.2) is 4.98 Å². The summed E-state index contributed by atoms with van der Waals surface area (Å²) >= 11 is 0. The molecule has 60 valence electrons. The highest BCUT2D eigenvalue weighted by Gasteiger charge is 1.89. The fraction of sp³-hybridized carbons (Fsp3) is 0.375. The Bertz CT molecular complexity index is 237. The molecule has 11 heavy (non-hydrogen) atoms. The van der Waals surface area contributed by atoms with Crippen LogP contribution in [0.2, 0.25) is 0 Å². The Morgan fingerprint density at radius 3 is 3.09 bits per heavy atom. The van der Waals surface area contributed by atoms with Gasteiger partial charge in [-0.3, -0.25) is 0 Å². The van der Waals surface area contributed by atoms with Crippen molar-refractivity contribution in [2.75, 3.05) is 6.54 Å². The minimum absolute atomic E-state index is 0.695. The normalized spacial score (nSPS) is 11.1. The van der Waals surface area contributed by atoms with E-state index in [1.807, 2.05) is 30.0 Å².